The van der Waals surface area contributed by atoms with Gasteiger partial charge < -0.3 is 24.4 Å². The van der Waals surface area contributed by atoms with E-state index in [0.717, 1.165) is 68.6 Å². The maximum absolute atomic E-state index is 14.1. The van der Waals surface area contributed by atoms with Crippen LogP contribution in [0.5, 0.6) is 5.88 Å². The molecule has 1 aromatic heterocycles. The van der Waals surface area contributed by atoms with Crippen molar-refractivity contribution >= 4 is 28.7 Å². The van der Waals surface area contributed by atoms with E-state index in [1.54, 1.807) is 18.0 Å². The van der Waals surface area contributed by atoms with Crippen molar-refractivity contribution < 1.29 is 28.6 Å². The summed E-state index contributed by atoms with van der Waals surface area (Å²) in [7, 11) is 0. The molecule has 1 aromatic carbocycles. The summed E-state index contributed by atoms with van der Waals surface area (Å²) >= 11 is 0. The number of carbonyl (C=O) groups excluding carboxylic acids is 3. The zero-order valence-corrected chi connectivity index (χ0v) is 22.7. The molecule has 2 fully saturated rings. The molecule has 1 saturated heterocycles. The molecule has 0 radical (unpaired) electrons. The lowest BCUT2D eigenvalue weighted by molar-refractivity contribution is -0.154. The number of nitrogens with zero attached hydrogens (tertiary/aromatic N) is 2. The molecule has 5 rings (SSSR count). The summed E-state index contributed by atoms with van der Waals surface area (Å²) in [6, 6.07) is 6.71. The quantitative estimate of drug-likeness (QED) is 0.573. The van der Waals surface area contributed by atoms with Crippen LogP contribution in [0.1, 0.15) is 70.3 Å². The highest BCUT2D eigenvalue weighted by molar-refractivity contribution is 5.91. The number of nitrogens with one attached hydrogen (secondary N) is 1. The van der Waals surface area contributed by atoms with Crippen LogP contribution in [0.15, 0.2) is 30.5 Å². The Bertz CT molecular complexity index is 1180. The molecule has 2 aliphatic heterocycles. The van der Waals surface area contributed by atoms with Crippen molar-refractivity contribution in [1.82, 2.24) is 15.2 Å². The number of esters is 1. The van der Waals surface area contributed by atoms with Crippen LogP contribution in [-0.4, -0.2) is 65.8 Å². The van der Waals surface area contributed by atoms with Gasteiger partial charge >= 0.3 is 12.1 Å². The third-order valence-electron chi connectivity index (χ3n) is 8.18. The molecule has 9 heteroatoms. The number of cyclic esters (lactones) is 1. The summed E-state index contributed by atoms with van der Waals surface area (Å²) in [4.78, 5) is 46.0. The van der Waals surface area contributed by atoms with Gasteiger partial charge in [0.05, 0.1) is 19.8 Å². The second-order valence-electron chi connectivity index (χ2n) is 10.9. The van der Waals surface area contributed by atoms with Crippen LogP contribution in [0, 0.1) is 5.92 Å². The number of hydrogen-bond acceptors (Lipinski definition) is 7. The number of pyridine rings is 1. The van der Waals surface area contributed by atoms with Crippen molar-refractivity contribution in [2.24, 2.45) is 5.92 Å². The molecule has 1 saturated carbocycles. The predicted octanol–water partition coefficient (Wildman–Crippen LogP) is 4.55. The molecular formula is C30H39N3O6. The second-order valence-corrected chi connectivity index (χ2v) is 10.9. The van der Waals surface area contributed by atoms with E-state index < -0.39 is 30.3 Å². The minimum absolute atomic E-state index is 0.00892. The lowest BCUT2D eigenvalue weighted by Crippen LogP contribution is -2.55. The lowest BCUT2D eigenvalue weighted by Gasteiger charge is -2.34. The molecule has 210 valence electrons. The number of hydrogen-bond donors (Lipinski definition) is 1. The van der Waals surface area contributed by atoms with E-state index in [9.17, 15) is 14.4 Å². The molecule has 3 aliphatic rings. The van der Waals surface area contributed by atoms with Gasteiger partial charge in [-0.05, 0) is 74.4 Å². The topological polar surface area (TPSA) is 107 Å². The molecule has 39 heavy (non-hydrogen) atoms. The fourth-order valence-electron chi connectivity index (χ4n) is 6.15. The van der Waals surface area contributed by atoms with Crippen molar-refractivity contribution in [3.8, 4) is 5.88 Å². The fraction of sp³-hybridized carbons (Fsp3) is 0.600. The maximum Gasteiger partial charge on any atom is 0.407 e. The van der Waals surface area contributed by atoms with Gasteiger partial charge in [-0.3, -0.25) is 4.79 Å². The van der Waals surface area contributed by atoms with Crippen molar-refractivity contribution in [2.75, 3.05) is 19.8 Å². The summed E-state index contributed by atoms with van der Waals surface area (Å²) in [5.41, 5.74) is 1.18. The zero-order chi connectivity index (χ0) is 27.2. The van der Waals surface area contributed by atoms with Crippen LogP contribution in [0.3, 0.4) is 0 Å². The Morgan fingerprint density at radius 1 is 1.10 bits per heavy atom. The smallest absolute Gasteiger partial charge is 0.407 e. The minimum atomic E-state index is -0.793. The average molecular weight is 538 g/mol. The minimum Gasteiger partial charge on any atom is -0.472 e. The lowest BCUT2D eigenvalue weighted by atomic mass is 9.83. The van der Waals surface area contributed by atoms with Gasteiger partial charge in [0, 0.05) is 18.0 Å². The van der Waals surface area contributed by atoms with Gasteiger partial charge in [0.2, 0.25) is 11.8 Å². The third-order valence-corrected chi connectivity index (χ3v) is 8.18. The van der Waals surface area contributed by atoms with Gasteiger partial charge in [-0.15, -0.1) is 0 Å². The van der Waals surface area contributed by atoms with E-state index >= 15 is 0 Å². The molecule has 2 aromatic rings. The molecule has 3 heterocycles. The molecule has 0 unspecified atom stereocenters. The van der Waals surface area contributed by atoms with E-state index in [1.165, 1.54) is 5.56 Å². The first-order valence-electron chi connectivity index (χ1n) is 14.5. The van der Waals surface area contributed by atoms with Gasteiger partial charge in [0.25, 0.3) is 0 Å². The normalized spacial score (nSPS) is 25.4. The van der Waals surface area contributed by atoms with E-state index in [4.69, 9.17) is 14.2 Å². The van der Waals surface area contributed by atoms with E-state index in [1.807, 2.05) is 6.07 Å². The Hall–Kier alpha value is -3.36. The van der Waals surface area contributed by atoms with E-state index in [2.05, 4.69) is 28.5 Å². The van der Waals surface area contributed by atoms with Gasteiger partial charge in [-0.25, -0.2) is 14.6 Å². The van der Waals surface area contributed by atoms with E-state index in [-0.39, 0.29) is 25.0 Å². The van der Waals surface area contributed by atoms with E-state index in [0.29, 0.717) is 18.9 Å². The molecule has 2 amide bonds. The average Bonchev–Trinajstić information content (AvgIpc) is 3.37. The first-order valence-corrected chi connectivity index (χ1v) is 14.5. The van der Waals surface area contributed by atoms with Gasteiger partial charge in [0.15, 0.2) is 0 Å². The first-order chi connectivity index (χ1) is 19.0. The Balaban J connectivity index is 1.47. The number of fused-ring (bicyclic) bond motifs is 3. The number of aromatic nitrogens is 1. The maximum atomic E-state index is 14.1. The van der Waals surface area contributed by atoms with Crippen LogP contribution in [0.25, 0.3) is 10.8 Å². The van der Waals surface area contributed by atoms with Gasteiger partial charge in [0.1, 0.15) is 18.2 Å². The van der Waals surface area contributed by atoms with Crippen molar-refractivity contribution in [2.45, 2.75) is 89.3 Å². The fourth-order valence-corrected chi connectivity index (χ4v) is 6.15. The second kappa shape index (κ2) is 12.7. The van der Waals surface area contributed by atoms with Crippen molar-refractivity contribution in [3.05, 3.63) is 36.0 Å². The number of rotatable bonds is 3. The Morgan fingerprint density at radius 2 is 1.92 bits per heavy atom. The van der Waals surface area contributed by atoms with Crippen molar-refractivity contribution in [3.63, 3.8) is 0 Å². The molecule has 3 atom stereocenters. The number of aryl methyl sites for hydroxylation is 1. The molecule has 9 nitrogen and oxygen atoms in total. The van der Waals surface area contributed by atoms with Crippen LogP contribution < -0.4 is 10.1 Å². The molecule has 0 spiro atoms. The Kier molecular flexibility index (Phi) is 8.84. The third kappa shape index (κ3) is 6.45. The standard InChI is InChI=1S/C30H39N3O6/c1-2-37-29(35)25-18-23-19-33(25)28(34)26(22-10-6-3-7-11-22)32-30(36)38-16-8-4-5-9-20-12-13-21-14-15-31-27(39-23)24(21)17-20/h12-15,17,22-23,25-26H,2-11,16,18-19H2,1H3,(H,32,36)/t23-,25-,26-/m0/s1. The molecule has 4 bridgehead atoms. The van der Waals surface area contributed by atoms with Crippen LogP contribution in [0.2, 0.25) is 0 Å². The number of alkyl carbamates (subject to hydrolysis) is 1. The monoisotopic (exact) mass is 537 g/mol. The van der Waals surface area contributed by atoms with Crippen LogP contribution >= 0.6 is 0 Å². The number of benzene rings is 1. The highest BCUT2D eigenvalue weighted by atomic mass is 16.5. The summed E-state index contributed by atoms with van der Waals surface area (Å²) in [5.74, 6) is -0.244. The largest absolute Gasteiger partial charge is 0.472 e. The highest BCUT2D eigenvalue weighted by Gasteiger charge is 2.45. The van der Waals surface area contributed by atoms with Gasteiger partial charge in [-0.2, -0.15) is 0 Å². The Morgan fingerprint density at radius 3 is 2.74 bits per heavy atom. The van der Waals surface area contributed by atoms with Gasteiger partial charge in [-0.1, -0.05) is 31.4 Å². The predicted molar refractivity (Wildman–Crippen MR) is 145 cm³/mol. The SMILES string of the molecule is CCOC(=O)[C@@H]1C[C@H]2CN1C(=O)[C@H](C1CCCCC1)NC(=O)OCCCCCc1ccc3ccnc(c3c1)O2. The molecule has 1 aliphatic carbocycles. The molecular weight excluding hydrogens is 498 g/mol. The number of carbonyl (C=O) groups is 3. The first kappa shape index (κ1) is 27.2. The van der Waals surface area contributed by atoms with Crippen LogP contribution in [-0.2, 0) is 25.5 Å². The summed E-state index contributed by atoms with van der Waals surface area (Å²) in [6.45, 7) is 2.47. The summed E-state index contributed by atoms with van der Waals surface area (Å²) < 4.78 is 17.2. The Labute approximate surface area is 229 Å². The summed E-state index contributed by atoms with van der Waals surface area (Å²) in [5, 5.41) is 4.83. The highest BCUT2D eigenvalue weighted by Crippen LogP contribution is 2.32. The number of amides is 2. The number of ether oxygens (including phenoxy) is 3. The summed E-state index contributed by atoms with van der Waals surface area (Å²) in [6.07, 6.45) is 9.35. The molecule has 1 N–H and O–H groups in total. The van der Waals surface area contributed by atoms with Crippen LogP contribution in [0.4, 0.5) is 4.79 Å². The zero-order valence-electron chi connectivity index (χ0n) is 22.7. The van der Waals surface area contributed by atoms with Crippen molar-refractivity contribution in [1.29, 1.82) is 0 Å².